The Kier molecular flexibility index (Phi) is 19.7. The lowest BCUT2D eigenvalue weighted by Crippen LogP contribution is -2.68. The van der Waals surface area contributed by atoms with Gasteiger partial charge in [-0.25, -0.2) is 0 Å². The van der Waals surface area contributed by atoms with Crippen molar-refractivity contribution in [2.24, 2.45) is 0 Å². The molecule has 1 saturated heterocycles. The van der Waals surface area contributed by atoms with E-state index in [-0.39, 0.29) is 11.5 Å². The Bertz CT molecular complexity index is 667. The minimum Gasteiger partial charge on any atom is -0.414 e. The molecule has 1 fully saturated rings. The van der Waals surface area contributed by atoms with E-state index >= 15 is 0 Å². The first-order valence-electron chi connectivity index (χ1n) is 15.0. The topological polar surface area (TPSA) is 92.3 Å². The second-order valence-electron chi connectivity index (χ2n) is 11.1. The van der Waals surface area contributed by atoms with Gasteiger partial charge in [-0.3, -0.25) is 0 Å². The van der Waals surface area contributed by atoms with E-state index in [0.717, 1.165) is 77.0 Å². The van der Waals surface area contributed by atoms with Crippen LogP contribution >= 0.6 is 0 Å². The molecule has 0 aliphatic carbocycles. The first-order valence-corrected chi connectivity index (χ1v) is 24.4. The maximum atomic E-state index is 7.09. The van der Waals surface area contributed by atoms with E-state index in [1.165, 1.54) is 0 Å². The maximum Gasteiger partial charge on any atom is 0.362 e. The Labute approximate surface area is 268 Å². The number of rotatable bonds is 22. The summed E-state index contributed by atoms with van der Waals surface area (Å²) >= 11 is 0. The minimum absolute atomic E-state index is 0.140. The molecule has 0 aromatic carbocycles. The predicted molar refractivity (Wildman–Crippen MR) is 173 cm³/mol. The van der Waals surface area contributed by atoms with Crippen LogP contribution in [0.3, 0.4) is 0 Å². The molecule has 0 aromatic rings. The van der Waals surface area contributed by atoms with Gasteiger partial charge in [-0.2, -0.15) is 0 Å². The fourth-order valence-electron chi connectivity index (χ4n) is 5.37. The smallest absolute Gasteiger partial charge is 0.362 e. The van der Waals surface area contributed by atoms with E-state index in [4.69, 9.17) is 44.9 Å². The number of hydrogen-bond acceptors (Lipinski definition) is 10. The molecule has 1 rings (SSSR count). The van der Waals surface area contributed by atoms with Crippen LogP contribution in [0.15, 0.2) is 0 Å². The summed E-state index contributed by atoms with van der Waals surface area (Å²) in [6, 6.07) is 0. The van der Waals surface area contributed by atoms with Crippen molar-refractivity contribution in [1.82, 2.24) is 0 Å². The molecule has 1 aliphatic heterocycles. The number of ether oxygens (including phenoxy) is 6. The van der Waals surface area contributed by atoms with E-state index in [1.54, 1.807) is 42.7 Å². The lowest BCUT2D eigenvalue weighted by molar-refractivity contribution is -0.147. The molecule has 0 amide bonds. The molecule has 1 aliphatic rings. The summed E-state index contributed by atoms with van der Waals surface area (Å²) in [5.41, 5.74) is -1.71. The van der Waals surface area contributed by atoms with Crippen LogP contribution in [0.1, 0.15) is 77.0 Å². The molecule has 42 heavy (non-hydrogen) atoms. The van der Waals surface area contributed by atoms with E-state index in [2.05, 4.69) is 33.6 Å². The van der Waals surface area contributed by atoms with Gasteiger partial charge in [-0.05, 0) is 64.7 Å². The average Bonchev–Trinajstić information content (AvgIpc) is 2.94. The van der Waals surface area contributed by atoms with Crippen LogP contribution in [0.25, 0.3) is 0 Å². The van der Waals surface area contributed by atoms with Gasteiger partial charge in [0.2, 0.25) is 0 Å². The molecule has 8 radical (unpaired) electrons. The monoisotopic (exact) mass is 696 g/mol. The lowest BCUT2D eigenvalue weighted by Gasteiger charge is -2.46. The van der Waals surface area contributed by atoms with Crippen LogP contribution in [-0.2, 0) is 44.9 Å². The summed E-state index contributed by atoms with van der Waals surface area (Å²) in [6.45, 7) is 8.27. The van der Waals surface area contributed by atoms with Crippen molar-refractivity contribution in [3.63, 3.8) is 0 Å². The van der Waals surface area contributed by atoms with Crippen LogP contribution in [0, 0.1) is 0 Å². The standard InChI is InChI=1S/C26H56O10Si6/c1-27-23(19-15-11-13-17-21-25(37,29-3)30-4)41(9)34-39(7)33-40(8)35-42(10,36-41)24(28-2)20-16-12-14-18-22-26(38,31-5)32-6/h23-24H,11-22H2,1-10H3. The van der Waals surface area contributed by atoms with E-state index in [0.29, 0.717) is 0 Å². The lowest BCUT2D eigenvalue weighted by atomic mass is 10.1. The van der Waals surface area contributed by atoms with Gasteiger partial charge in [0.15, 0.2) is 0 Å². The van der Waals surface area contributed by atoms with Crippen molar-refractivity contribution in [2.45, 2.75) is 126 Å². The fourth-order valence-corrected chi connectivity index (χ4v) is 21.7. The summed E-state index contributed by atoms with van der Waals surface area (Å²) < 4.78 is 60.5. The Morgan fingerprint density at radius 1 is 0.595 bits per heavy atom. The van der Waals surface area contributed by atoms with Crippen LogP contribution in [0.5, 0.6) is 0 Å². The number of hydrogen-bond donors (Lipinski definition) is 0. The minimum atomic E-state index is -2.87. The van der Waals surface area contributed by atoms with E-state index in [1.807, 2.05) is 13.1 Å². The van der Waals surface area contributed by atoms with Gasteiger partial charge in [-0.15, -0.1) is 0 Å². The Morgan fingerprint density at radius 2 is 0.929 bits per heavy atom. The predicted octanol–water partition coefficient (Wildman–Crippen LogP) is 4.47. The van der Waals surface area contributed by atoms with Crippen molar-refractivity contribution in [2.75, 3.05) is 42.7 Å². The van der Waals surface area contributed by atoms with Gasteiger partial charge in [-0.1, -0.05) is 38.5 Å². The third-order valence-electron chi connectivity index (χ3n) is 7.89. The highest BCUT2D eigenvalue weighted by Crippen LogP contribution is 2.33. The van der Waals surface area contributed by atoms with Crippen molar-refractivity contribution >= 4 is 56.2 Å². The Morgan fingerprint density at radius 3 is 1.24 bits per heavy atom. The Hall–Kier alpha value is 0.901. The number of methoxy groups -OCH3 is 6. The molecular formula is C26H56O10Si6. The summed E-state index contributed by atoms with van der Waals surface area (Å²) in [7, 11) is 8.39. The molecule has 10 nitrogen and oxygen atoms in total. The van der Waals surface area contributed by atoms with Crippen molar-refractivity contribution in [1.29, 1.82) is 0 Å². The van der Waals surface area contributed by atoms with Gasteiger partial charge < -0.3 is 44.9 Å². The molecule has 1 heterocycles. The van der Waals surface area contributed by atoms with Gasteiger partial charge in [0, 0.05) is 42.7 Å². The highest BCUT2D eigenvalue weighted by atomic mass is 28.5. The summed E-state index contributed by atoms with van der Waals surface area (Å²) in [6.07, 6.45) is 11.5. The summed E-state index contributed by atoms with van der Waals surface area (Å²) in [4.78, 5) is 0. The zero-order valence-corrected chi connectivity index (χ0v) is 33.7. The summed E-state index contributed by atoms with van der Waals surface area (Å²) in [5, 5.41) is 0. The van der Waals surface area contributed by atoms with Crippen molar-refractivity contribution < 1.29 is 44.9 Å². The molecule has 4 atom stereocenters. The molecule has 16 heteroatoms. The van der Waals surface area contributed by atoms with Gasteiger partial charge in [0.05, 0.1) is 11.5 Å². The quantitative estimate of drug-likeness (QED) is 0.0918. The molecule has 0 aromatic heterocycles. The zero-order valence-electron chi connectivity index (χ0n) is 27.7. The molecule has 0 bridgehead atoms. The maximum absolute atomic E-state index is 7.09. The van der Waals surface area contributed by atoms with E-state index in [9.17, 15) is 0 Å². The Balaban J connectivity index is 2.82. The van der Waals surface area contributed by atoms with Gasteiger partial charge in [0.1, 0.15) is 31.3 Å². The molecule has 244 valence electrons. The highest BCUT2D eigenvalue weighted by Gasteiger charge is 2.55. The first kappa shape index (κ1) is 40.9. The third-order valence-corrected chi connectivity index (χ3v) is 23.7. The molecule has 0 saturated carbocycles. The van der Waals surface area contributed by atoms with Crippen LogP contribution in [0.2, 0.25) is 26.2 Å². The first-order chi connectivity index (χ1) is 19.8. The SMILES string of the molecule is COC(CCCCCCC([Si])(OC)OC)[Si]1(C)O[Si](C)O[Si](C)O[Si](C)(C(CCCCCCC([Si])(OC)OC)OC)O1. The van der Waals surface area contributed by atoms with Crippen molar-refractivity contribution in [3.8, 4) is 0 Å². The third kappa shape index (κ3) is 13.7. The van der Waals surface area contributed by atoms with Gasteiger partial charge >= 0.3 is 35.7 Å². The van der Waals surface area contributed by atoms with Crippen LogP contribution in [-0.4, -0.2) is 121 Å². The normalized spacial score (nSPS) is 24.9. The zero-order chi connectivity index (χ0) is 31.9. The fraction of sp³-hybridized carbons (Fsp3) is 1.00. The average molecular weight is 697 g/mol. The molecule has 4 unspecified atom stereocenters. The largest absolute Gasteiger partial charge is 0.414 e. The van der Waals surface area contributed by atoms with Gasteiger partial charge in [0.25, 0.3) is 0 Å². The number of unbranched alkanes of at least 4 members (excludes halogenated alkanes) is 6. The molecule has 0 N–H and O–H groups in total. The van der Waals surface area contributed by atoms with E-state index < -0.39 is 46.5 Å². The second-order valence-corrected chi connectivity index (χ2v) is 23.2. The van der Waals surface area contributed by atoms with Crippen molar-refractivity contribution in [3.05, 3.63) is 0 Å². The second kappa shape index (κ2) is 20.2. The highest BCUT2D eigenvalue weighted by molar-refractivity contribution is 6.87. The van der Waals surface area contributed by atoms with Crippen LogP contribution in [0.4, 0.5) is 0 Å². The molecular weight excluding hydrogens is 641 g/mol. The van der Waals surface area contributed by atoms with Crippen LogP contribution < -0.4 is 0 Å². The summed E-state index contributed by atoms with van der Waals surface area (Å²) in [5.74, 6) is 0. The molecule has 0 spiro atoms.